The SMILES string of the molecule is CCc1nc(Cl)c(C)c(N2CC(C)N(C)C(C)C2)n1. The summed E-state index contributed by atoms with van der Waals surface area (Å²) in [6, 6.07) is 1.03. The quantitative estimate of drug-likeness (QED) is 0.781. The predicted molar refractivity (Wildman–Crippen MR) is 80.1 cm³/mol. The molecule has 0 bridgehead atoms. The van der Waals surface area contributed by atoms with Crippen LogP contribution in [0.25, 0.3) is 0 Å². The summed E-state index contributed by atoms with van der Waals surface area (Å²) in [5.74, 6) is 1.83. The fourth-order valence-corrected chi connectivity index (χ4v) is 2.75. The third-order valence-electron chi connectivity index (χ3n) is 4.08. The zero-order valence-electron chi connectivity index (χ0n) is 12.4. The molecule has 0 radical (unpaired) electrons. The second kappa shape index (κ2) is 5.63. The molecule has 0 saturated carbocycles. The number of halogens is 1. The van der Waals surface area contributed by atoms with Gasteiger partial charge in [-0.3, -0.25) is 4.90 Å². The molecule has 2 atom stereocenters. The Hall–Kier alpha value is -0.870. The first-order chi connectivity index (χ1) is 8.93. The molecule has 0 spiro atoms. The average molecular weight is 283 g/mol. The second-order valence-corrected chi connectivity index (χ2v) is 5.86. The van der Waals surface area contributed by atoms with Crippen LogP contribution in [0, 0.1) is 6.92 Å². The van der Waals surface area contributed by atoms with Gasteiger partial charge in [0.15, 0.2) is 0 Å². The van der Waals surface area contributed by atoms with Crippen molar-refractivity contribution in [1.82, 2.24) is 14.9 Å². The zero-order chi connectivity index (χ0) is 14.2. The van der Waals surface area contributed by atoms with Gasteiger partial charge < -0.3 is 4.90 Å². The largest absolute Gasteiger partial charge is 0.353 e. The van der Waals surface area contributed by atoms with Crippen molar-refractivity contribution in [3.63, 3.8) is 0 Å². The van der Waals surface area contributed by atoms with E-state index in [-0.39, 0.29) is 0 Å². The lowest BCUT2D eigenvalue weighted by atomic mass is 10.1. The van der Waals surface area contributed by atoms with Gasteiger partial charge in [0.05, 0.1) is 0 Å². The van der Waals surface area contributed by atoms with Crippen LogP contribution in [-0.4, -0.2) is 47.1 Å². The molecule has 2 heterocycles. The molecular weight excluding hydrogens is 260 g/mol. The van der Waals surface area contributed by atoms with Crippen LogP contribution in [0.3, 0.4) is 0 Å². The van der Waals surface area contributed by atoms with Crippen LogP contribution in [0.4, 0.5) is 5.82 Å². The monoisotopic (exact) mass is 282 g/mol. The van der Waals surface area contributed by atoms with E-state index in [1.54, 1.807) is 0 Å². The lowest BCUT2D eigenvalue weighted by Crippen LogP contribution is -2.55. The number of piperazine rings is 1. The van der Waals surface area contributed by atoms with E-state index in [0.29, 0.717) is 17.2 Å². The molecule has 2 rings (SSSR count). The summed E-state index contributed by atoms with van der Waals surface area (Å²) in [4.78, 5) is 13.8. The predicted octanol–water partition coefficient (Wildman–Crippen LogP) is 2.53. The summed E-state index contributed by atoms with van der Waals surface area (Å²) in [6.45, 7) is 10.5. The van der Waals surface area contributed by atoms with Crippen molar-refractivity contribution in [3.05, 3.63) is 16.5 Å². The van der Waals surface area contributed by atoms with E-state index in [2.05, 4.69) is 47.6 Å². The topological polar surface area (TPSA) is 32.3 Å². The molecule has 1 aromatic heterocycles. The lowest BCUT2D eigenvalue weighted by molar-refractivity contribution is 0.169. The molecular formula is C14H23ClN4. The third kappa shape index (κ3) is 2.84. The standard InChI is InChI=1S/C14H23ClN4/c1-6-12-16-13(15)11(4)14(17-12)19-7-9(2)18(5)10(3)8-19/h9-10H,6-8H2,1-5H3. The molecule has 0 aliphatic carbocycles. The van der Waals surface area contributed by atoms with Crippen LogP contribution in [0.15, 0.2) is 0 Å². The first-order valence-electron chi connectivity index (χ1n) is 6.93. The summed E-state index contributed by atoms with van der Waals surface area (Å²) >= 11 is 6.23. The Labute approximate surface area is 120 Å². The van der Waals surface area contributed by atoms with Crippen molar-refractivity contribution in [3.8, 4) is 0 Å². The molecule has 19 heavy (non-hydrogen) atoms. The van der Waals surface area contributed by atoms with Crippen LogP contribution < -0.4 is 4.90 Å². The van der Waals surface area contributed by atoms with Gasteiger partial charge in [-0.25, -0.2) is 9.97 Å². The molecule has 1 fully saturated rings. The molecule has 5 heteroatoms. The summed E-state index contributed by atoms with van der Waals surface area (Å²) in [5, 5.41) is 0.584. The molecule has 4 nitrogen and oxygen atoms in total. The lowest BCUT2D eigenvalue weighted by Gasteiger charge is -2.43. The smallest absolute Gasteiger partial charge is 0.137 e. The van der Waals surface area contributed by atoms with Crippen LogP contribution in [0.5, 0.6) is 0 Å². The highest BCUT2D eigenvalue weighted by Gasteiger charge is 2.28. The van der Waals surface area contributed by atoms with Crippen LogP contribution in [0.1, 0.15) is 32.2 Å². The van der Waals surface area contributed by atoms with Gasteiger partial charge in [0.25, 0.3) is 0 Å². The Kier molecular flexibility index (Phi) is 4.31. The van der Waals surface area contributed by atoms with Crippen molar-refractivity contribution in [2.45, 2.75) is 46.2 Å². The Balaban J connectivity index is 2.34. The van der Waals surface area contributed by atoms with Crippen molar-refractivity contribution in [2.24, 2.45) is 0 Å². The number of aromatic nitrogens is 2. The van der Waals surface area contributed by atoms with E-state index < -0.39 is 0 Å². The van der Waals surface area contributed by atoms with Gasteiger partial charge in [-0.2, -0.15) is 0 Å². The first kappa shape index (κ1) is 14.5. The minimum absolute atomic E-state index is 0.516. The normalized spacial score (nSPS) is 24.8. The van der Waals surface area contributed by atoms with Gasteiger partial charge in [0.1, 0.15) is 16.8 Å². The molecule has 1 aromatic rings. The number of nitrogens with zero attached hydrogens (tertiary/aromatic N) is 4. The molecule has 0 aromatic carbocycles. The van der Waals surface area contributed by atoms with E-state index in [4.69, 9.17) is 11.6 Å². The Morgan fingerprint density at radius 3 is 2.32 bits per heavy atom. The van der Waals surface area contributed by atoms with Gasteiger partial charge in [0.2, 0.25) is 0 Å². The van der Waals surface area contributed by atoms with E-state index in [9.17, 15) is 0 Å². The molecule has 1 aliphatic rings. The van der Waals surface area contributed by atoms with Gasteiger partial charge in [-0.1, -0.05) is 18.5 Å². The van der Waals surface area contributed by atoms with Crippen molar-refractivity contribution in [2.75, 3.05) is 25.0 Å². The first-order valence-corrected chi connectivity index (χ1v) is 7.31. The number of anilines is 1. The minimum atomic E-state index is 0.516. The number of aryl methyl sites for hydroxylation is 1. The average Bonchev–Trinajstić information content (AvgIpc) is 2.38. The van der Waals surface area contributed by atoms with Crippen molar-refractivity contribution in [1.29, 1.82) is 0 Å². The Morgan fingerprint density at radius 1 is 1.21 bits per heavy atom. The minimum Gasteiger partial charge on any atom is -0.353 e. The second-order valence-electron chi connectivity index (χ2n) is 5.50. The van der Waals surface area contributed by atoms with Crippen LogP contribution in [0.2, 0.25) is 5.15 Å². The third-order valence-corrected chi connectivity index (χ3v) is 4.45. The van der Waals surface area contributed by atoms with Crippen LogP contribution in [-0.2, 0) is 6.42 Å². The van der Waals surface area contributed by atoms with E-state index in [1.807, 2.05) is 6.92 Å². The summed E-state index contributed by atoms with van der Waals surface area (Å²) in [7, 11) is 2.18. The highest BCUT2D eigenvalue weighted by Crippen LogP contribution is 2.26. The van der Waals surface area contributed by atoms with Crippen molar-refractivity contribution >= 4 is 17.4 Å². The summed E-state index contributed by atoms with van der Waals surface area (Å²) in [6.07, 6.45) is 0.811. The van der Waals surface area contributed by atoms with E-state index in [0.717, 1.165) is 36.7 Å². The van der Waals surface area contributed by atoms with Crippen molar-refractivity contribution < 1.29 is 0 Å². The maximum atomic E-state index is 6.23. The van der Waals surface area contributed by atoms with Gasteiger partial charge in [0, 0.05) is 37.2 Å². The molecule has 106 valence electrons. The Bertz CT molecular complexity index is 451. The number of hydrogen-bond donors (Lipinski definition) is 0. The molecule has 0 N–H and O–H groups in total. The van der Waals surface area contributed by atoms with Gasteiger partial charge in [-0.05, 0) is 27.8 Å². The fourth-order valence-electron chi connectivity index (χ4n) is 2.56. The number of rotatable bonds is 2. The maximum absolute atomic E-state index is 6.23. The molecule has 1 aliphatic heterocycles. The molecule has 2 unspecified atom stereocenters. The van der Waals surface area contributed by atoms with Crippen LogP contribution >= 0.6 is 11.6 Å². The van der Waals surface area contributed by atoms with Gasteiger partial charge >= 0.3 is 0 Å². The maximum Gasteiger partial charge on any atom is 0.137 e. The molecule has 0 amide bonds. The highest BCUT2D eigenvalue weighted by molar-refractivity contribution is 6.30. The number of hydrogen-bond acceptors (Lipinski definition) is 4. The summed E-state index contributed by atoms with van der Waals surface area (Å²) in [5.41, 5.74) is 0.989. The van der Waals surface area contributed by atoms with E-state index in [1.165, 1.54) is 0 Å². The summed E-state index contributed by atoms with van der Waals surface area (Å²) < 4.78 is 0. The van der Waals surface area contributed by atoms with Gasteiger partial charge in [-0.15, -0.1) is 0 Å². The zero-order valence-corrected chi connectivity index (χ0v) is 13.2. The Morgan fingerprint density at radius 2 is 1.79 bits per heavy atom. The fraction of sp³-hybridized carbons (Fsp3) is 0.714. The van der Waals surface area contributed by atoms with E-state index >= 15 is 0 Å². The number of likely N-dealkylation sites (N-methyl/N-ethyl adjacent to an activating group) is 1. The highest BCUT2D eigenvalue weighted by atomic mass is 35.5. The molecule has 1 saturated heterocycles.